The van der Waals surface area contributed by atoms with Gasteiger partial charge in [-0.05, 0) is 31.2 Å². The number of hydroxylamine groups is 1. The topological polar surface area (TPSA) is 229 Å². The van der Waals surface area contributed by atoms with Crippen LogP contribution in [0.1, 0.15) is 27.6 Å². The van der Waals surface area contributed by atoms with Crippen molar-refractivity contribution in [3.8, 4) is 23.0 Å². The van der Waals surface area contributed by atoms with Crippen molar-refractivity contribution in [2.75, 3.05) is 38.9 Å². The molecule has 4 rings (SSSR count). The molecule has 5 N–H and O–H groups in total. The van der Waals surface area contributed by atoms with Crippen LogP contribution >= 0.6 is 31.9 Å². The van der Waals surface area contributed by atoms with Crippen molar-refractivity contribution in [2.45, 2.75) is 20.1 Å². The highest BCUT2D eigenvalue weighted by Gasteiger charge is 2.24. The number of carbonyl (C=O) groups is 2. The summed E-state index contributed by atoms with van der Waals surface area (Å²) >= 11 is 6.15. The molecule has 0 bridgehead atoms. The van der Waals surface area contributed by atoms with Crippen LogP contribution in [-0.4, -0.2) is 78.2 Å². The van der Waals surface area contributed by atoms with Gasteiger partial charge in [-0.25, -0.2) is 5.48 Å². The van der Waals surface area contributed by atoms with E-state index in [1.165, 1.54) is 51.7 Å². The van der Waals surface area contributed by atoms with E-state index in [0.29, 0.717) is 8.95 Å². The second-order valence-electron chi connectivity index (χ2n) is 10.3. The summed E-state index contributed by atoms with van der Waals surface area (Å²) in [6.45, 7) is -4.34. The van der Waals surface area contributed by atoms with Gasteiger partial charge in [-0.3, -0.25) is 34.7 Å². The lowest BCUT2D eigenvalue weighted by Gasteiger charge is -2.17. The van der Waals surface area contributed by atoms with Gasteiger partial charge in [0.05, 0.1) is 31.2 Å². The van der Waals surface area contributed by atoms with E-state index in [1.807, 2.05) is 5.48 Å². The van der Waals surface area contributed by atoms with Gasteiger partial charge in [0, 0.05) is 78.7 Å². The van der Waals surface area contributed by atoms with Crippen LogP contribution < -0.4 is 40.8 Å². The first kappa shape index (κ1) is 51.1. The number of nitro benzene ring substituents is 2. The Morgan fingerprint density at radius 2 is 1.22 bits per heavy atom. The quantitative estimate of drug-likeness (QED) is 0.0319. The maximum Gasteiger partial charge on any atom is 0.387 e. The highest BCUT2D eigenvalue weighted by molar-refractivity contribution is 9.10. The third kappa shape index (κ3) is 16.1. The molecule has 26 heteroatoms. The number of nitro groups is 2. The number of hydrogen-bond acceptors (Lipinski definition) is 13. The number of nitrogens with zero attached hydrogens (tertiary/aromatic N) is 2. The number of amides is 2. The maximum absolute atomic E-state index is 12.8. The zero-order chi connectivity index (χ0) is 45.0. The van der Waals surface area contributed by atoms with Crippen molar-refractivity contribution in [2.24, 2.45) is 0 Å². The first-order chi connectivity index (χ1) is 27.9. The number of carbonyl (C=O) groups excluding carboxylic acids is 2. The first-order valence-corrected chi connectivity index (χ1v) is 17.3. The van der Waals surface area contributed by atoms with Gasteiger partial charge in [0.2, 0.25) is 5.82 Å². The minimum Gasteiger partial charge on any atom is -0.496 e. The SMILES string of the molecule is CCNC(=O)c1c(OC)cc(Nc2ccc(Br)cc2[N+](=O)[O-])cc1OC(F)F.CONC(=O)c1c(OC)cc(N)cc1OC(F)F.O=[N+]([O-])c1cc(Br)ccc1F.[B][B]. The predicted octanol–water partition coefficient (Wildman–Crippen LogP) is 7.37. The maximum atomic E-state index is 12.8. The van der Waals surface area contributed by atoms with E-state index in [0.717, 1.165) is 24.3 Å². The molecule has 4 radical (unpaired) electrons. The van der Waals surface area contributed by atoms with Crippen LogP contribution in [0, 0.1) is 26.0 Å². The summed E-state index contributed by atoms with van der Waals surface area (Å²) in [7, 11) is 11.7. The molecule has 4 aromatic carbocycles. The zero-order valence-electron chi connectivity index (χ0n) is 30.9. The molecule has 0 unspecified atom stereocenters. The van der Waals surface area contributed by atoms with E-state index in [2.05, 4.69) is 72.3 Å². The Balaban J connectivity index is 0.000000478. The molecule has 0 aliphatic carbocycles. The number of nitrogen functional groups attached to an aromatic ring is 1. The Labute approximate surface area is 351 Å². The van der Waals surface area contributed by atoms with Gasteiger partial charge in [-0.2, -0.15) is 22.0 Å². The summed E-state index contributed by atoms with van der Waals surface area (Å²) in [6, 6.07) is 12.8. The molecule has 2 amide bonds. The molecule has 0 aliphatic heterocycles. The smallest absolute Gasteiger partial charge is 0.387 e. The fourth-order valence-electron chi connectivity index (χ4n) is 4.36. The highest BCUT2D eigenvalue weighted by Crippen LogP contribution is 2.38. The van der Waals surface area contributed by atoms with Crippen molar-refractivity contribution in [3.63, 3.8) is 0 Å². The van der Waals surface area contributed by atoms with E-state index >= 15 is 0 Å². The molecule has 0 heterocycles. The van der Waals surface area contributed by atoms with Gasteiger partial charge in [-0.15, -0.1) is 0 Å². The number of benzene rings is 4. The summed E-state index contributed by atoms with van der Waals surface area (Å²) in [5, 5.41) is 26.6. The molecular formula is C33H31B2Br2F5N6O11. The summed E-state index contributed by atoms with van der Waals surface area (Å²) in [4.78, 5) is 48.3. The van der Waals surface area contributed by atoms with Crippen LogP contribution in [0.3, 0.4) is 0 Å². The summed E-state index contributed by atoms with van der Waals surface area (Å²) < 4.78 is 82.5. The molecule has 0 atom stereocenters. The summed E-state index contributed by atoms with van der Waals surface area (Å²) in [5.41, 5.74) is 6.68. The number of anilines is 3. The Morgan fingerprint density at radius 1 is 0.763 bits per heavy atom. The molecule has 0 spiro atoms. The molecule has 59 heavy (non-hydrogen) atoms. The number of nitrogens with two attached hydrogens (primary N) is 1. The Bertz CT molecular complexity index is 2080. The fourth-order valence-corrected chi connectivity index (χ4v) is 5.05. The van der Waals surface area contributed by atoms with Crippen LogP contribution in [0.2, 0.25) is 0 Å². The third-order valence-electron chi connectivity index (χ3n) is 6.55. The van der Waals surface area contributed by atoms with Crippen molar-refractivity contribution in [1.82, 2.24) is 10.8 Å². The normalized spacial score (nSPS) is 9.98. The Morgan fingerprint density at radius 3 is 1.69 bits per heavy atom. The van der Waals surface area contributed by atoms with E-state index in [9.17, 15) is 51.8 Å². The molecular weight excluding hydrogens is 933 g/mol. The van der Waals surface area contributed by atoms with E-state index in [4.69, 9.17) is 15.2 Å². The Hall–Kier alpha value is -5.88. The largest absolute Gasteiger partial charge is 0.496 e. The summed E-state index contributed by atoms with van der Waals surface area (Å²) in [6.07, 6.45) is 0. The minimum atomic E-state index is -3.19. The average Bonchev–Trinajstić information content (AvgIpc) is 3.16. The van der Waals surface area contributed by atoms with E-state index in [1.54, 1.807) is 13.0 Å². The van der Waals surface area contributed by atoms with Crippen molar-refractivity contribution in [3.05, 3.63) is 107 Å². The highest BCUT2D eigenvalue weighted by atomic mass is 79.9. The molecule has 4 aromatic rings. The average molecular weight is 964 g/mol. The van der Waals surface area contributed by atoms with Gasteiger partial charge in [0.15, 0.2) is 0 Å². The van der Waals surface area contributed by atoms with Crippen molar-refractivity contribution in [1.29, 1.82) is 0 Å². The zero-order valence-corrected chi connectivity index (χ0v) is 34.1. The van der Waals surface area contributed by atoms with Crippen LogP contribution in [-0.2, 0) is 4.84 Å². The number of nitrogens with one attached hydrogen (secondary N) is 3. The molecule has 0 fully saturated rings. The van der Waals surface area contributed by atoms with Crippen LogP contribution in [0.5, 0.6) is 23.0 Å². The second-order valence-corrected chi connectivity index (χ2v) is 12.1. The van der Waals surface area contributed by atoms with Gasteiger partial charge in [0.1, 0.15) is 39.8 Å². The number of alkyl halides is 4. The number of methoxy groups -OCH3 is 2. The molecule has 0 saturated heterocycles. The number of ether oxygens (including phenoxy) is 4. The number of halogens is 7. The second kappa shape index (κ2) is 25.5. The fraction of sp³-hybridized carbons (Fsp3) is 0.212. The van der Waals surface area contributed by atoms with Crippen molar-refractivity contribution < 1.29 is 65.2 Å². The summed E-state index contributed by atoms with van der Waals surface area (Å²) in [5.74, 6) is -3.12. The van der Waals surface area contributed by atoms with Gasteiger partial charge >= 0.3 is 18.9 Å². The van der Waals surface area contributed by atoms with Crippen LogP contribution in [0.15, 0.2) is 69.6 Å². The van der Waals surface area contributed by atoms with E-state index in [-0.39, 0.29) is 51.9 Å². The number of hydrogen-bond donors (Lipinski definition) is 4. The van der Waals surface area contributed by atoms with Gasteiger partial charge in [-0.1, -0.05) is 31.9 Å². The lowest BCUT2D eigenvalue weighted by molar-refractivity contribution is -0.387. The van der Waals surface area contributed by atoms with Gasteiger partial charge in [0.25, 0.3) is 17.5 Å². The van der Waals surface area contributed by atoms with E-state index < -0.39 is 57.9 Å². The lowest BCUT2D eigenvalue weighted by Crippen LogP contribution is -2.24. The molecule has 0 saturated carbocycles. The monoisotopic (exact) mass is 962 g/mol. The standard InChI is InChI=1S/C17H16BrF2N3O5.C10H12F2N2O4.C6H3BrFNO2.B2/c1-3-21-16(24)15-13(27-2)7-10(8-14(15)28-17(19)20)22-11-5-4-9(18)6-12(11)23(25)26;1-16-6-3-5(13)4-7(18-10(11)12)8(6)9(15)14-17-2;7-4-1-2-5(8)6(3-4)9(10)11;1-2/h4-8,17,22H,3H2,1-2H3,(H,21,24);3-4,10H,13H2,1-2H3,(H,14,15);1-3H;. The first-order valence-electron chi connectivity index (χ1n) is 15.7. The molecule has 314 valence electrons. The van der Waals surface area contributed by atoms with Crippen molar-refractivity contribution >= 4 is 87.6 Å². The third-order valence-corrected chi connectivity index (χ3v) is 7.54. The van der Waals surface area contributed by atoms with Crippen LogP contribution in [0.4, 0.5) is 50.4 Å². The molecule has 17 nitrogen and oxygen atoms in total. The van der Waals surface area contributed by atoms with Crippen LogP contribution in [0.25, 0.3) is 0 Å². The molecule has 0 aromatic heterocycles. The molecule has 0 aliphatic rings. The predicted molar refractivity (Wildman–Crippen MR) is 212 cm³/mol. The Kier molecular flexibility index (Phi) is 22.1. The van der Waals surface area contributed by atoms with Gasteiger partial charge < -0.3 is 35.3 Å². The number of rotatable bonds is 14. The minimum absolute atomic E-state index is 0.000185. The lowest BCUT2D eigenvalue weighted by atomic mass is 9.81.